The summed E-state index contributed by atoms with van der Waals surface area (Å²) in [6.45, 7) is 0. The first-order valence-corrected chi connectivity index (χ1v) is 7.52. The molecule has 0 saturated carbocycles. The second-order valence-corrected chi connectivity index (χ2v) is 6.09. The van der Waals surface area contributed by atoms with Gasteiger partial charge in [0.15, 0.2) is 0 Å². The van der Waals surface area contributed by atoms with Crippen molar-refractivity contribution in [1.82, 2.24) is 0 Å². The van der Waals surface area contributed by atoms with Crippen molar-refractivity contribution in [3.63, 3.8) is 0 Å². The molecule has 2 aromatic carbocycles. The monoisotopic (exact) mass is 310 g/mol. The minimum absolute atomic E-state index is 0.172. The van der Waals surface area contributed by atoms with Crippen LogP contribution in [0.15, 0.2) is 53.4 Å². The van der Waals surface area contributed by atoms with E-state index in [1.807, 2.05) is 24.3 Å². The SMILES string of the molecule is OC(c1cccc(C(F)(F)F)c1)C1CSc2ccccc21. The molecule has 1 aliphatic heterocycles. The lowest BCUT2D eigenvalue weighted by atomic mass is 9.90. The smallest absolute Gasteiger partial charge is 0.388 e. The number of hydrogen-bond acceptors (Lipinski definition) is 2. The molecule has 2 atom stereocenters. The van der Waals surface area contributed by atoms with Gasteiger partial charge in [-0.3, -0.25) is 0 Å². The summed E-state index contributed by atoms with van der Waals surface area (Å²) in [4.78, 5) is 1.09. The van der Waals surface area contributed by atoms with E-state index >= 15 is 0 Å². The van der Waals surface area contributed by atoms with Crippen LogP contribution in [0.2, 0.25) is 0 Å². The van der Waals surface area contributed by atoms with Crippen molar-refractivity contribution in [1.29, 1.82) is 0 Å². The molecule has 2 unspecified atom stereocenters. The van der Waals surface area contributed by atoms with E-state index < -0.39 is 17.8 Å². The zero-order valence-corrected chi connectivity index (χ0v) is 11.8. The van der Waals surface area contributed by atoms with Crippen molar-refractivity contribution in [2.24, 2.45) is 0 Å². The molecule has 0 radical (unpaired) electrons. The highest BCUT2D eigenvalue weighted by Gasteiger charge is 2.33. The summed E-state index contributed by atoms with van der Waals surface area (Å²) in [6, 6.07) is 12.7. The molecule has 1 heterocycles. The summed E-state index contributed by atoms with van der Waals surface area (Å²) in [6.07, 6.45) is -5.32. The first-order valence-electron chi connectivity index (χ1n) is 6.54. The number of aliphatic hydroxyl groups is 1. The minimum Gasteiger partial charge on any atom is -0.388 e. The standard InChI is InChI=1S/C16H13F3OS/c17-16(18,19)11-5-3-4-10(8-11)15(20)13-9-21-14-7-2-1-6-12(13)14/h1-8,13,15,20H,9H2. The maximum atomic E-state index is 12.8. The van der Waals surface area contributed by atoms with Gasteiger partial charge in [-0.05, 0) is 29.3 Å². The fourth-order valence-corrected chi connectivity index (χ4v) is 3.86. The number of fused-ring (bicyclic) bond motifs is 1. The minimum atomic E-state index is -4.39. The van der Waals surface area contributed by atoms with Crippen molar-refractivity contribution in [3.05, 3.63) is 65.2 Å². The molecular formula is C16H13F3OS. The highest BCUT2D eigenvalue weighted by atomic mass is 32.2. The average Bonchev–Trinajstić information content (AvgIpc) is 2.90. The molecule has 0 amide bonds. The molecule has 0 aliphatic carbocycles. The first kappa shape index (κ1) is 14.5. The molecule has 1 nitrogen and oxygen atoms in total. The summed E-state index contributed by atoms with van der Waals surface area (Å²) in [5, 5.41) is 10.5. The maximum Gasteiger partial charge on any atom is 0.416 e. The van der Waals surface area contributed by atoms with Crippen LogP contribution in [-0.2, 0) is 6.18 Å². The predicted molar refractivity (Wildman–Crippen MR) is 76.3 cm³/mol. The van der Waals surface area contributed by atoms with Gasteiger partial charge in [-0.1, -0.05) is 30.3 Å². The molecule has 0 aromatic heterocycles. The molecule has 3 rings (SSSR count). The molecule has 0 saturated heterocycles. The predicted octanol–water partition coefficient (Wildman–Crippen LogP) is 4.63. The Bertz CT molecular complexity index is 654. The van der Waals surface area contributed by atoms with E-state index in [4.69, 9.17) is 0 Å². The van der Waals surface area contributed by atoms with Crippen LogP contribution in [0.1, 0.15) is 28.7 Å². The van der Waals surface area contributed by atoms with Gasteiger partial charge in [0.2, 0.25) is 0 Å². The van der Waals surface area contributed by atoms with Crippen molar-refractivity contribution in [2.45, 2.75) is 23.1 Å². The van der Waals surface area contributed by atoms with Crippen LogP contribution in [0.5, 0.6) is 0 Å². The van der Waals surface area contributed by atoms with Gasteiger partial charge >= 0.3 is 6.18 Å². The lowest BCUT2D eigenvalue weighted by molar-refractivity contribution is -0.137. The Kier molecular flexibility index (Phi) is 3.71. The fraction of sp³-hybridized carbons (Fsp3) is 0.250. The molecule has 110 valence electrons. The number of benzene rings is 2. The summed E-state index contributed by atoms with van der Waals surface area (Å²) in [7, 11) is 0. The van der Waals surface area contributed by atoms with Gasteiger partial charge < -0.3 is 5.11 Å². The van der Waals surface area contributed by atoms with E-state index in [9.17, 15) is 18.3 Å². The Labute approximate surface area is 124 Å². The van der Waals surface area contributed by atoms with Gasteiger partial charge in [0.05, 0.1) is 11.7 Å². The molecular weight excluding hydrogens is 297 g/mol. The van der Waals surface area contributed by atoms with E-state index in [0.717, 1.165) is 22.6 Å². The molecule has 1 N–H and O–H groups in total. The van der Waals surface area contributed by atoms with Gasteiger partial charge in [-0.2, -0.15) is 13.2 Å². The summed E-state index contributed by atoms with van der Waals surface area (Å²) >= 11 is 1.63. The Morgan fingerprint density at radius 1 is 1.10 bits per heavy atom. The lowest BCUT2D eigenvalue weighted by Gasteiger charge is -2.20. The largest absolute Gasteiger partial charge is 0.416 e. The Morgan fingerprint density at radius 2 is 1.86 bits per heavy atom. The van der Waals surface area contributed by atoms with Crippen molar-refractivity contribution in [3.8, 4) is 0 Å². The molecule has 21 heavy (non-hydrogen) atoms. The van der Waals surface area contributed by atoms with Crippen LogP contribution in [0, 0.1) is 0 Å². The van der Waals surface area contributed by atoms with E-state index in [1.54, 1.807) is 17.8 Å². The van der Waals surface area contributed by atoms with E-state index in [1.165, 1.54) is 6.07 Å². The van der Waals surface area contributed by atoms with Crippen LogP contribution >= 0.6 is 11.8 Å². The fourth-order valence-electron chi connectivity index (χ4n) is 2.58. The lowest BCUT2D eigenvalue weighted by Crippen LogP contribution is -2.12. The number of halogens is 3. The van der Waals surface area contributed by atoms with Gasteiger partial charge in [0.1, 0.15) is 0 Å². The highest BCUT2D eigenvalue weighted by molar-refractivity contribution is 7.99. The number of alkyl halides is 3. The normalized spacial score (nSPS) is 19.3. The molecule has 1 aliphatic rings. The Morgan fingerprint density at radius 3 is 2.62 bits per heavy atom. The molecule has 0 spiro atoms. The Hall–Kier alpha value is -1.46. The third-order valence-corrected chi connectivity index (χ3v) is 4.88. The highest BCUT2D eigenvalue weighted by Crippen LogP contribution is 2.45. The van der Waals surface area contributed by atoms with Crippen LogP contribution in [0.3, 0.4) is 0 Å². The van der Waals surface area contributed by atoms with Crippen LogP contribution in [0.25, 0.3) is 0 Å². The maximum absolute atomic E-state index is 12.8. The Balaban J connectivity index is 1.92. The number of hydrogen-bond donors (Lipinski definition) is 1. The topological polar surface area (TPSA) is 20.2 Å². The van der Waals surface area contributed by atoms with Gasteiger partial charge in [-0.15, -0.1) is 11.8 Å². The van der Waals surface area contributed by atoms with Gasteiger partial charge in [0, 0.05) is 16.6 Å². The molecule has 2 aromatic rings. The number of rotatable bonds is 2. The zero-order chi connectivity index (χ0) is 15.0. The zero-order valence-electron chi connectivity index (χ0n) is 11.0. The van der Waals surface area contributed by atoms with Crippen LogP contribution in [0.4, 0.5) is 13.2 Å². The third kappa shape index (κ3) is 2.80. The van der Waals surface area contributed by atoms with E-state index in [0.29, 0.717) is 11.3 Å². The van der Waals surface area contributed by atoms with Crippen LogP contribution < -0.4 is 0 Å². The van der Waals surface area contributed by atoms with E-state index in [2.05, 4.69) is 0 Å². The van der Waals surface area contributed by atoms with Crippen molar-refractivity contribution >= 4 is 11.8 Å². The van der Waals surface area contributed by atoms with E-state index in [-0.39, 0.29) is 5.92 Å². The summed E-state index contributed by atoms with van der Waals surface area (Å²) in [5.74, 6) is 0.506. The molecule has 0 bridgehead atoms. The van der Waals surface area contributed by atoms with Gasteiger partial charge in [0.25, 0.3) is 0 Å². The molecule has 5 heteroatoms. The third-order valence-electron chi connectivity index (χ3n) is 3.67. The van der Waals surface area contributed by atoms with Crippen molar-refractivity contribution in [2.75, 3.05) is 5.75 Å². The van der Waals surface area contributed by atoms with Crippen molar-refractivity contribution < 1.29 is 18.3 Å². The summed E-state index contributed by atoms with van der Waals surface area (Å²) in [5.41, 5.74) is 0.595. The second kappa shape index (κ2) is 5.39. The molecule has 0 fully saturated rings. The van der Waals surface area contributed by atoms with Crippen LogP contribution in [-0.4, -0.2) is 10.9 Å². The quantitative estimate of drug-likeness (QED) is 0.873. The first-order chi connectivity index (χ1) is 9.97. The van der Waals surface area contributed by atoms with Gasteiger partial charge in [-0.25, -0.2) is 0 Å². The number of aliphatic hydroxyl groups excluding tert-OH is 1. The summed E-state index contributed by atoms with van der Waals surface area (Å²) < 4.78 is 38.3. The number of thioether (sulfide) groups is 1. The second-order valence-electron chi connectivity index (χ2n) is 5.02. The average molecular weight is 310 g/mol.